The summed E-state index contributed by atoms with van der Waals surface area (Å²) in [5, 5.41) is 6.28. The third-order valence-electron chi connectivity index (χ3n) is 3.79. The lowest BCUT2D eigenvalue weighted by Crippen LogP contribution is -2.49. The lowest BCUT2D eigenvalue weighted by atomic mass is 9.82. The molecule has 2 bridgehead atoms. The maximum atomic E-state index is 11.8. The first kappa shape index (κ1) is 12.0. The first-order chi connectivity index (χ1) is 8.40. The van der Waals surface area contributed by atoms with Crippen LogP contribution < -0.4 is 10.6 Å². The summed E-state index contributed by atoms with van der Waals surface area (Å²) < 4.78 is 11.3. The van der Waals surface area contributed by atoms with E-state index in [0.717, 1.165) is 13.1 Å². The monoisotopic (exact) mass is 252 g/mol. The van der Waals surface area contributed by atoms with Gasteiger partial charge in [0.05, 0.1) is 12.1 Å². The van der Waals surface area contributed by atoms with Crippen molar-refractivity contribution in [2.75, 3.05) is 13.1 Å². The van der Waals surface area contributed by atoms with Crippen molar-refractivity contribution in [2.24, 2.45) is 5.92 Å². The predicted molar refractivity (Wildman–Crippen MR) is 66.3 cm³/mol. The first-order valence-electron chi connectivity index (χ1n) is 6.47. The number of hydrogen-bond acceptors (Lipinski definition) is 4. The van der Waals surface area contributed by atoms with Gasteiger partial charge in [0, 0.05) is 19.0 Å². The predicted octanol–water partition coefficient (Wildman–Crippen LogP) is 0.806. The van der Waals surface area contributed by atoms with Crippen molar-refractivity contribution in [1.29, 1.82) is 0 Å². The molecule has 0 saturated carbocycles. The Morgan fingerprint density at radius 3 is 3.06 bits per heavy atom. The third kappa shape index (κ3) is 1.82. The normalized spacial score (nSPS) is 40.9. The standard InChI is InChI=1S/C13H20N2O3/c1-12(2,3)18-11(16)15-10-8-6-14-7-13(8)5-4-9(10)17-13/h4-5,8-10,14H,6-7H2,1-3H3,(H,15,16). The fraction of sp³-hybridized carbons (Fsp3) is 0.769. The van der Waals surface area contributed by atoms with Crippen LogP contribution in [0, 0.1) is 5.92 Å². The van der Waals surface area contributed by atoms with Crippen LogP contribution in [-0.2, 0) is 9.47 Å². The van der Waals surface area contributed by atoms with Gasteiger partial charge in [0.15, 0.2) is 0 Å². The molecule has 3 aliphatic heterocycles. The molecule has 1 amide bonds. The molecule has 5 nitrogen and oxygen atoms in total. The summed E-state index contributed by atoms with van der Waals surface area (Å²) in [6.45, 7) is 7.30. The zero-order valence-corrected chi connectivity index (χ0v) is 11.0. The van der Waals surface area contributed by atoms with E-state index in [1.165, 1.54) is 0 Å². The molecule has 100 valence electrons. The molecule has 18 heavy (non-hydrogen) atoms. The van der Waals surface area contributed by atoms with Gasteiger partial charge in [-0.05, 0) is 20.8 Å². The molecule has 2 saturated heterocycles. The maximum absolute atomic E-state index is 11.8. The largest absolute Gasteiger partial charge is 0.444 e. The van der Waals surface area contributed by atoms with Crippen LogP contribution in [0.4, 0.5) is 4.79 Å². The number of hydrogen-bond donors (Lipinski definition) is 2. The van der Waals surface area contributed by atoms with Crippen LogP contribution in [0.1, 0.15) is 20.8 Å². The molecule has 0 aliphatic carbocycles. The van der Waals surface area contributed by atoms with E-state index in [0.29, 0.717) is 5.92 Å². The van der Waals surface area contributed by atoms with Crippen molar-refractivity contribution >= 4 is 6.09 Å². The molecule has 3 rings (SSSR count). The Kier molecular flexibility index (Phi) is 2.47. The maximum Gasteiger partial charge on any atom is 0.407 e. The van der Waals surface area contributed by atoms with E-state index in [1.807, 2.05) is 26.8 Å². The van der Waals surface area contributed by atoms with E-state index in [1.54, 1.807) is 0 Å². The first-order valence-corrected chi connectivity index (χ1v) is 6.47. The fourth-order valence-electron chi connectivity index (χ4n) is 3.11. The quantitative estimate of drug-likeness (QED) is 0.678. The summed E-state index contributed by atoms with van der Waals surface area (Å²) >= 11 is 0. The smallest absolute Gasteiger partial charge is 0.407 e. The Morgan fingerprint density at radius 1 is 1.56 bits per heavy atom. The summed E-state index contributed by atoms with van der Waals surface area (Å²) in [6, 6.07) is 0.0137. The second kappa shape index (κ2) is 3.71. The van der Waals surface area contributed by atoms with Gasteiger partial charge >= 0.3 is 6.09 Å². The highest BCUT2D eigenvalue weighted by atomic mass is 16.6. The zero-order chi connectivity index (χ0) is 13.0. The van der Waals surface area contributed by atoms with Crippen LogP contribution in [0.25, 0.3) is 0 Å². The number of alkyl carbamates (subject to hydrolysis) is 1. The number of rotatable bonds is 1. The van der Waals surface area contributed by atoms with E-state index in [2.05, 4.69) is 16.7 Å². The van der Waals surface area contributed by atoms with Gasteiger partial charge in [-0.1, -0.05) is 12.2 Å². The molecule has 0 radical (unpaired) electrons. The summed E-state index contributed by atoms with van der Waals surface area (Å²) in [6.07, 6.45) is 3.81. The van der Waals surface area contributed by atoms with E-state index in [9.17, 15) is 4.79 Å². The molecule has 2 N–H and O–H groups in total. The Bertz CT molecular complexity index is 402. The summed E-state index contributed by atoms with van der Waals surface area (Å²) in [4.78, 5) is 11.8. The number of carbonyl (C=O) groups excluding carboxylic acids is 1. The van der Waals surface area contributed by atoms with Crippen molar-refractivity contribution in [2.45, 2.75) is 44.1 Å². The van der Waals surface area contributed by atoms with Crippen molar-refractivity contribution < 1.29 is 14.3 Å². The molecule has 0 aromatic heterocycles. The minimum absolute atomic E-state index is 0.00961. The van der Waals surface area contributed by atoms with Gasteiger partial charge in [0.1, 0.15) is 11.2 Å². The number of fused-ring (bicyclic) bond motifs is 1. The van der Waals surface area contributed by atoms with Crippen molar-refractivity contribution in [1.82, 2.24) is 10.6 Å². The summed E-state index contributed by atoms with van der Waals surface area (Å²) in [7, 11) is 0. The lowest BCUT2D eigenvalue weighted by molar-refractivity contribution is 0.0296. The Hall–Kier alpha value is -1.07. The zero-order valence-electron chi connectivity index (χ0n) is 11.0. The molecule has 4 atom stereocenters. The highest BCUT2D eigenvalue weighted by Crippen LogP contribution is 2.45. The van der Waals surface area contributed by atoms with Gasteiger partial charge < -0.3 is 20.1 Å². The van der Waals surface area contributed by atoms with Gasteiger partial charge in [-0.15, -0.1) is 0 Å². The van der Waals surface area contributed by atoms with Crippen LogP contribution >= 0.6 is 0 Å². The van der Waals surface area contributed by atoms with Crippen LogP contribution in [0.15, 0.2) is 12.2 Å². The van der Waals surface area contributed by atoms with E-state index in [-0.39, 0.29) is 23.8 Å². The SMILES string of the molecule is CC(C)(C)OC(=O)NC1C2C=CC3(CNCC13)O2. The number of ether oxygens (including phenoxy) is 2. The second-order valence-electron chi connectivity index (χ2n) is 6.31. The van der Waals surface area contributed by atoms with Gasteiger partial charge in [-0.2, -0.15) is 0 Å². The third-order valence-corrected chi connectivity index (χ3v) is 3.79. The highest BCUT2D eigenvalue weighted by molar-refractivity contribution is 5.68. The number of amides is 1. The van der Waals surface area contributed by atoms with E-state index >= 15 is 0 Å². The molecule has 3 aliphatic rings. The molecule has 5 heteroatoms. The Labute approximate surface area is 107 Å². The minimum Gasteiger partial charge on any atom is -0.444 e. The van der Waals surface area contributed by atoms with Crippen molar-refractivity contribution in [3.63, 3.8) is 0 Å². The minimum atomic E-state index is -0.468. The average molecular weight is 252 g/mol. The van der Waals surface area contributed by atoms with Gasteiger partial charge in [-0.3, -0.25) is 0 Å². The summed E-state index contributed by atoms with van der Waals surface area (Å²) in [5.74, 6) is 0.306. The van der Waals surface area contributed by atoms with Crippen molar-refractivity contribution in [3.8, 4) is 0 Å². The topological polar surface area (TPSA) is 59.6 Å². The Morgan fingerprint density at radius 2 is 2.33 bits per heavy atom. The number of carbonyl (C=O) groups is 1. The van der Waals surface area contributed by atoms with Crippen LogP contribution in [0.3, 0.4) is 0 Å². The molecular weight excluding hydrogens is 232 g/mol. The van der Waals surface area contributed by atoms with Crippen molar-refractivity contribution in [3.05, 3.63) is 12.2 Å². The molecule has 0 aromatic carbocycles. The molecule has 3 heterocycles. The average Bonchev–Trinajstić information content (AvgIpc) is 2.86. The highest BCUT2D eigenvalue weighted by Gasteiger charge is 2.59. The van der Waals surface area contributed by atoms with Gasteiger partial charge in [0.2, 0.25) is 0 Å². The van der Waals surface area contributed by atoms with E-state index in [4.69, 9.17) is 9.47 Å². The van der Waals surface area contributed by atoms with Gasteiger partial charge in [0.25, 0.3) is 0 Å². The van der Waals surface area contributed by atoms with E-state index < -0.39 is 5.60 Å². The summed E-state index contributed by atoms with van der Waals surface area (Å²) in [5.41, 5.74) is -0.672. The van der Waals surface area contributed by atoms with Crippen LogP contribution in [-0.4, -0.2) is 42.5 Å². The molecule has 2 fully saturated rings. The second-order valence-corrected chi connectivity index (χ2v) is 6.31. The molecule has 0 aromatic rings. The number of nitrogens with one attached hydrogen (secondary N) is 2. The lowest BCUT2D eigenvalue weighted by Gasteiger charge is -2.28. The van der Waals surface area contributed by atoms with Crippen LogP contribution in [0.2, 0.25) is 0 Å². The molecule has 1 spiro atoms. The Balaban J connectivity index is 1.68. The molecule has 4 unspecified atom stereocenters. The fourth-order valence-corrected chi connectivity index (χ4v) is 3.11. The molecular formula is C13H20N2O3. The van der Waals surface area contributed by atoms with Crippen LogP contribution in [0.5, 0.6) is 0 Å². The van der Waals surface area contributed by atoms with Gasteiger partial charge in [-0.25, -0.2) is 4.79 Å².